The van der Waals surface area contributed by atoms with E-state index in [1.165, 1.54) is 57.8 Å². The molecule has 1 aromatic rings. The summed E-state index contributed by atoms with van der Waals surface area (Å²) >= 11 is 5.45. The molecular weight excluding hydrogens is 268 g/mol. The molecule has 20 heavy (non-hydrogen) atoms. The molecule has 2 aliphatic carbocycles. The highest BCUT2D eigenvalue weighted by Gasteiger charge is 2.24. The van der Waals surface area contributed by atoms with E-state index in [1.54, 1.807) is 0 Å². The van der Waals surface area contributed by atoms with E-state index in [1.807, 2.05) is 0 Å². The second-order valence-corrected chi connectivity index (χ2v) is 6.91. The van der Waals surface area contributed by atoms with Crippen molar-refractivity contribution in [1.29, 1.82) is 0 Å². The van der Waals surface area contributed by atoms with Crippen molar-refractivity contribution in [2.75, 3.05) is 18.5 Å². The Morgan fingerprint density at radius 3 is 2.50 bits per heavy atom. The second kappa shape index (κ2) is 6.29. The molecule has 0 aromatic carbocycles. The zero-order valence-electron chi connectivity index (χ0n) is 12.5. The Kier molecular flexibility index (Phi) is 4.44. The molecule has 1 N–H and O–H groups in total. The van der Waals surface area contributed by atoms with E-state index in [0.717, 1.165) is 23.2 Å². The molecule has 5 heteroatoms. The first kappa shape index (κ1) is 14.1. The fourth-order valence-electron chi connectivity index (χ4n) is 3.90. The lowest BCUT2D eigenvalue weighted by Gasteiger charge is -2.28. The van der Waals surface area contributed by atoms with Crippen molar-refractivity contribution < 1.29 is 0 Å². The molecule has 112 valence electrons. The first-order valence-electron chi connectivity index (χ1n) is 8.14. The SMILES string of the molecule is CN(CC1CCCCC1)c1n[nH]c(=S)n1C1CCCC1. The Bertz CT molecular complexity index is 480. The van der Waals surface area contributed by atoms with E-state index in [9.17, 15) is 0 Å². The van der Waals surface area contributed by atoms with Crippen molar-refractivity contribution in [2.24, 2.45) is 5.92 Å². The van der Waals surface area contributed by atoms with Gasteiger partial charge in [0.2, 0.25) is 5.95 Å². The fourth-order valence-corrected chi connectivity index (χ4v) is 4.17. The van der Waals surface area contributed by atoms with E-state index < -0.39 is 0 Å². The predicted molar refractivity (Wildman–Crippen MR) is 84.8 cm³/mol. The van der Waals surface area contributed by atoms with Gasteiger partial charge in [-0.2, -0.15) is 0 Å². The number of anilines is 1. The van der Waals surface area contributed by atoms with Gasteiger partial charge in [-0.05, 0) is 43.8 Å². The predicted octanol–water partition coefficient (Wildman–Crippen LogP) is 4.07. The number of H-pyrrole nitrogens is 1. The van der Waals surface area contributed by atoms with Crippen LogP contribution < -0.4 is 4.90 Å². The molecule has 0 saturated heterocycles. The summed E-state index contributed by atoms with van der Waals surface area (Å²) in [7, 11) is 2.17. The second-order valence-electron chi connectivity index (χ2n) is 6.52. The first-order valence-corrected chi connectivity index (χ1v) is 8.54. The Labute approximate surface area is 126 Å². The van der Waals surface area contributed by atoms with Gasteiger partial charge in [-0.25, -0.2) is 5.10 Å². The van der Waals surface area contributed by atoms with Crippen LogP contribution >= 0.6 is 12.2 Å². The zero-order valence-corrected chi connectivity index (χ0v) is 13.3. The lowest BCUT2D eigenvalue weighted by atomic mass is 9.89. The van der Waals surface area contributed by atoms with E-state index in [-0.39, 0.29) is 0 Å². The summed E-state index contributed by atoms with van der Waals surface area (Å²) in [6.07, 6.45) is 12.1. The highest BCUT2D eigenvalue weighted by molar-refractivity contribution is 7.71. The van der Waals surface area contributed by atoms with Crippen LogP contribution in [0.2, 0.25) is 0 Å². The summed E-state index contributed by atoms with van der Waals surface area (Å²) in [5.74, 6) is 1.88. The van der Waals surface area contributed by atoms with E-state index in [4.69, 9.17) is 12.2 Å². The molecule has 0 amide bonds. The highest BCUT2D eigenvalue weighted by Crippen LogP contribution is 2.33. The van der Waals surface area contributed by atoms with Crippen LogP contribution in [0.3, 0.4) is 0 Å². The van der Waals surface area contributed by atoms with Crippen LogP contribution in [0.25, 0.3) is 0 Å². The van der Waals surface area contributed by atoms with Crippen LogP contribution in [0, 0.1) is 10.7 Å². The Morgan fingerprint density at radius 1 is 1.15 bits per heavy atom. The summed E-state index contributed by atoms with van der Waals surface area (Å²) in [6, 6.07) is 0.560. The summed E-state index contributed by atoms with van der Waals surface area (Å²) in [5, 5.41) is 7.50. The van der Waals surface area contributed by atoms with Gasteiger partial charge in [0.1, 0.15) is 0 Å². The van der Waals surface area contributed by atoms with Gasteiger partial charge in [0.25, 0.3) is 0 Å². The third-order valence-corrected chi connectivity index (χ3v) is 5.26. The molecule has 3 rings (SSSR count). The summed E-state index contributed by atoms with van der Waals surface area (Å²) < 4.78 is 3.06. The molecule has 4 nitrogen and oxygen atoms in total. The summed E-state index contributed by atoms with van der Waals surface area (Å²) in [6.45, 7) is 1.12. The van der Waals surface area contributed by atoms with Crippen molar-refractivity contribution >= 4 is 18.2 Å². The number of nitrogens with one attached hydrogen (secondary N) is 1. The van der Waals surface area contributed by atoms with Gasteiger partial charge < -0.3 is 4.90 Å². The normalized spacial score (nSPS) is 21.4. The number of aromatic amines is 1. The van der Waals surface area contributed by atoms with Crippen LogP contribution in [-0.4, -0.2) is 28.4 Å². The number of nitrogens with zero attached hydrogens (tertiary/aromatic N) is 3. The Morgan fingerprint density at radius 2 is 1.80 bits per heavy atom. The molecule has 2 aliphatic rings. The maximum absolute atomic E-state index is 5.45. The minimum atomic E-state index is 0.560. The minimum Gasteiger partial charge on any atom is -0.344 e. The van der Waals surface area contributed by atoms with Gasteiger partial charge in [-0.1, -0.05) is 32.1 Å². The first-order chi connectivity index (χ1) is 9.75. The topological polar surface area (TPSA) is 36.9 Å². The molecule has 0 atom stereocenters. The molecule has 0 bridgehead atoms. The number of hydrogen-bond donors (Lipinski definition) is 1. The standard InChI is InChI=1S/C15H26N4S/c1-18(11-12-7-3-2-4-8-12)14-16-17-15(20)19(14)13-9-5-6-10-13/h12-13H,2-11H2,1H3,(H,17,20). The van der Waals surface area contributed by atoms with Crippen LogP contribution in [0.4, 0.5) is 5.95 Å². The van der Waals surface area contributed by atoms with Crippen molar-refractivity contribution in [3.8, 4) is 0 Å². The number of rotatable bonds is 4. The van der Waals surface area contributed by atoms with Gasteiger partial charge in [0.15, 0.2) is 4.77 Å². The van der Waals surface area contributed by atoms with E-state index in [2.05, 4.69) is 26.7 Å². The molecule has 2 saturated carbocycles. The maximum atomic E-state index is 5.45. The molecule has 1 heterocycles. The van der Waals surface area contributed by atoms with Crippen LogP contribution in [0.15, 0.2) is 0 Å². The fraction of sp³-hybridized carbons (Fsp3) is 0.867. The molecule has 1 aromatic heterocycles. The molecule has 0 radical (unpaired) electrons. The van der Waals surface area contributed by atoms with E-state index in [0.29, 0.717) is 6.04 Å². The van der Waals surface area contributed by atoms with Crippen molar-refractivity contribution in [3.63, 3.8) is 0 Å². The quantitative estimate of drug-likeness (QED) is 0.850. The lowest BCUT2D eigenvalue weighted by Crippen LogP contribution is -2.29. The van der Waals surface area contributed by atoms with E-state index >= 15 is 0 Å². The maximum Gasteiger partial charge on any atom is 0.225 e. The van der Waals surface area contributed by atoms with Crippen LogP contribution in [0.1, 0.15) is 63.8 Å². The zero-order chi connectivity index (χ0) is 13.9. The molecule has 0 aliphatic heterocycles. The molecular formula is C15H26N4S. The molecule has 2 fully saturated rings. The van der Waals surface area contributed by atoms with Crippen molar-refractivity contribution in [3.05, 3.63) is 4.77 Å². The van der Waals surface area contributed by atoms with Crippen LogP contribution in [0.5, 0.6) is 0 Å². The van der Waals surface area contributed by atoms with Crippen LogP contribution in [-0.2, 0) is 0 Å². The van der Waals surface area contributed by atoms with Gasteiger partial charge in [0.05, 0.1) is 0 Å². The van der Waals surface area contributed by atoms with Gasteiger partial charge in [-0.3, -0.25) is 4.57 Å². The minimum absolute atomic E-state index is 0.560. The summed E-state index contributed by atoms with van der Waals surface area (Å²) in [5.41, 5.74) is 0. The summed E-state index contributed by atoms with van der Waals surface area (Å²) in [4.78, 5) is 2.32. The largest absolute Gasteiger partial charge is 0.344 e. The lowest BCUT2D eigenvalue weighted by molar-refractivity contribution is 0.359. The Balaban J connectivity index is 1.73. The van der Waals surface area contributed by atoms with Gasteiger partial charge in [0, 0.05) is 19.6 Å². The van der Waals surface area contributed by atoms with Crippen molar-refractivity contribution in [1.82, 2.24) is 14.8 Å². The number of aromatic nitrogens is 3. The van der Waals surface area contributed by atoms with Crippen molar-refractivity contribution in [2.45, 2.75) is 63.8 Å². The Hall–Kier alpha value is -0.840. The highest BCUT2D eigenvalue weighted by atomic mass is 32.1. The third-order valence-electron chi connectivity index (χ3n) is 4.97. The third kappa shape index (κ3) is 2.92. The average molecular weight is 294 g/mol. The average Bonchev–Trinajstić information content (AvgIpc) is 3.08. The smallest absolute Gasteiger partial charge is 0.225 e. The molecule has 0 spiro atoms. The molecule has 0 unspecified atom stereocenters. The van der Waals surface area contributed by atoms with Gasteiger partial charge in [-0.15, -0.1) is 5.10 Å². The monoisotopic (exact) mass is 294 g/mol. The van der Waals surface area contributed by atoms with Gasteiger partial charge >= 0.3 is 0 Å². The number of hydrogen-bond acceptors (Lipinski definition) is 3.